The van der Waals surface area contributed by atoms with Gasteiger partial charge in [0.1, 0.15) is 6.10 Å². The average molecular weight is 339 g/mol. The van der Waals surface area contributed by atoms with E-state index in [9.17, 15) is 4.79 Å². The minimum absolute atomic E-state index is 0.123. The summed E-state index contributed by atoms with van der Waals surface area (Å²) < 4.78 is 11.9. The molecule has 22 heavy (non-hydrogen) atoms. The fourth-order valence-corrected chi connectivity index (χ4v) is 4.45. The first-order valence-corrected chi connectivity index (χ1v) is 11.5. The van der Waals surface area contributed by atoms with Gasteiger partial charge in [0.05, 0.1) is 6.42 Å². The van der Waals surface area contributed by atoms with Crippen LogP contribution in [0.5, 0.6) is 0 Å². The third kappa shape index (κ3) is 4.15. The van der Waals surface area contributed by atoms with Gasteiger partial charge < -0.3 is 9.16 Å². The fourth-order valence-electron chi connectivity index (χ4n) is 2.02. The van der Waals surface area contributed by atoms with Crippen LogP contribution >= 0.6 is 11.8 Å². The van der Waals surface area contributed by atoms with Gasteiger partial charge in [0.2, 0.25) is 0 Å². The van der Waals surface area contributed by atoms with Gasteiger partial charge in [0.25, 0.3) is 0 Å². The molecule has 3 nitrogen and oxygen atoms in total. The van der Waals surface area contributed by atoms with E-state index in [0.29, 0.717) is 6.42 Å². The third-order valence-electron chi connectivity index (χ3n) is 4.44. The van der Waals surface area contributed by atoms with E-state index in [0.717, 1.165) is 4.90 Å². The molecule has 0 unspecified atom stereocenters. The molecule has 0 amide bonds. The summed E-state index contributed by atoms with van der Waals surface area (Å²) in [6.07, 6.45) is 0.204. The molecule has 0 aliphatic carbocycles. The Morgan fingerprint density at radius 1 is 1.23 bits per heavy atom. The largest absolute Gasteiger partial charge is 0.448 e. The SMILES string of the molecule is Cc1ccc(S[C@@H]2OC(=O)C[C@@H]2O[Si](C)(C)C(C)(C)C)cc1. The van der Waals surface area contributed by atoms with Gasteiger partial charge in [0, 0.05) is 4.90 Å². The number of ether oxygens (including phenoxy) is 1. The molecule has 122 valence electrons. The number of benzene rings is 1. The fraction of sp³-hybridized carbons (Fsp3) is 0.588. The van der Waals surface area contributed by atoms with Crippen molar-refractivity contribution in [1.29, 1.82) is 0 Å². The second kappa shape index (κ2) is 6.38. The summed E-state index contributed by atoms with van der Waals surface area (Å²) >= 11 is 1.58. The van der Waals surface area contributed by atoms with Gasteiger partial charge in [-0.15, -0.1) is 0 Å². The summed E-state index contributed by atoms with van der Waals surface area (Å²) in [6.45, 7) is 13.1. The van der Waals surface area contributed by atoms with Crippen molar-refractivity contribution in [2.45, 2.75) is 68.7 Å². The molecule has 1 fully saturated rings. The van der Waals surface area contributed by atoms with Crippen molar-refractivity contribution in [3.05, 3.63) is 29.8 Å². The van der Waals surface area contributed by atoms with E-state index in [4.69, 9.17) is 9.16 Å². The first kappa shape index (κ1) is 17.6. The summed E-state index contributed by atoms with van der Waals surface area (Å²) in [5, 5.41) is 0.123. The molecule has 0 saturated carbocycles. The van der Waals surface area contributed by atoms with Crippen molar-refractivity contribution in [2.24, 2.45) is 0 Å². The first-order valence-electron chi connectivity index (χ1n) is 7.69. The van der Waals surface area contributed by atoms with Gasteiger partial charge in [-0.05, 0) is 37.2 Å². The molecule has 1 saturated heterocycles. The zero-order chi connectivity index (χ0) is 16.5. The molecular formula is C17H26O3SSi. The second-order valence-corrected chi connectivity index (χ2v) is 13.3. The Morgan fingerprint density at radius 3 is 2.36 bits per heavy atom. The highest BCUT2D eigenvalue weighted by molar-refractivity contribution is 7.99. The predicted molar refractivity (Wildman–Crippen MR) is 93.6 cm³/mol. The lowest BCUT2D eigenvalue weighted by atomic mass is 10.2. The summed E-state index contributed by atoms with van der Waals surface area (Å²) in [5.74, 6) is -0.159. The smallest absolute Gasteiger partial charge is 0.309 e. The lowest BCUT2D eigenvalue weighted by Gasteiger charge is -2.38. The van der Waals surface area contributed by atoms with E-state index in [-0.39, 0.29) is 22.5 Å². The number of thioether (sulfide) groups is 1. The Hall–Kier alpha value is -0.783. The van der Waals surface area contributed by atoms with Gasteiger partial charge in [-0.2, -0.15) is 0 Å². The van der Waals surface area contributed by atoms with E-state index in [1.54, 1.807) is 11.8 Å². The quantitative estimate of drug-likeness (QED) is 0.586. The molecule has 1 aromatic rings. The molecular weight excluding hydrogens is 312 g/mol. The monoisotopic (exact) mass is 338 g/mol. The first-order chi connectivity index (χ1) is 10.1. The Morgan fingerprint density at radius 2 is 1.82 bits per heavy atom. The van der Waals surface area contributed by atoms with Gasteiger partial charge in [-0.25, -0.2) is 0 Å². The van der Waals surface area contributed by atoms with E-state index in [1.807, 2.05) is 0 Å². The van der Waals surface area contributed by atoms with Crippen LogP contribution in [0.2, 0.25) is 18.1 Å². The van der Waals surface area contributed by atoms with Crippen LogP contribution in [0.3, 0.4) is 0 Å². The number of hydrogen-bond acceptors (Lipinski definition) is 4. The van der Waals surface area contributed by atoms with Gasteiger partial charge in [-0.3, -0.25) is 4.79 Å². The van der Waals surface area contributed by atoms with Gasteiger partial charge in [0.15, 0.2) is 13.8 Å². The Labute approximate surface area is 138 Å². The normalized spacial score (nSPS) is 22.7. The van der Waals surface area contributed by atoms with Crippen LogP contribution in [0.15, 0.2) is 29.2 Å². The van der Waals surface area contributed by atoms with Crippen molar-refractivity contribution in [3.8, 4) is 0 Å². The zero-order valence-electron chi connectivity index (χ0n) is 14.3. The van der Waals surface area contributed by atoms with Crippen molar-refractivity contribution < 1.29 is 14.0 Å². The van der Waals surface area contributed by atoms with Crippen LogP contribution in [-0.4, -0.2) is 25.8 Å². The number of carbonyl (C=O) groups is 1. The highest BCUT2D eigenvalue weighted by atomic mass is 32.2. The van der Waals surface area contributed by atoms with Crippen molar-refractivity contribution >= 4 is 26.0 Å². The van der Waals surface area contributed by atoms with Crippen molar-refractivity contribution in [2.75, 3.05) is 0 Å². The van der Waals surface area contributed by atoms with Crippen LogP contribution in [0.4, 0.5) is 0 Å². The minimum Gasteiger partial charge on any atom is -0.448 e. The van der Waals surface area contributed by atoms with Crippen LogP contribution in [-0.2, 0) is 14.0 Å². The molecule has 1 heterocycles. The van der Waals surface area contributed by atoms with Crippen LogP contribution in [0.1, 0.15) is 32.8 Å². The molecule has 1 aliphatic heterocycles. The molecule has 0 N–H and O–H groups in total. The van der Waals surface area contributed by atoms with Crippen molar-refractivity contribution in [3.63, 3.8) is 0 Å². The number of hydrogen-bond donors (Lipinski definition) is 0. The second-order valence-electron chi connectivity index (χ2n) is 7.41. The summed E-state index contributed by atoms with van der Waals surface area (Å²) in [6, 6.07) is 8.27. The molecule has 5 heteroatoms. The number of esters is 1. The topological polar surface area (TPSA) is 35.5 Å². The van der Waals surface area contributed by atoms with E-state index in [2.05, 4.69) is 65.1 Å². The maximum atomic E-state index is 11.7. The molecule has 1 aliphatic rings. The third-order valence-corrected chi connectivity index (χ3v) is 10.1. The Kier molecular flexibility index (Phi) is 5.09. The number of carbonyl (C=O) groups excluding carboxylic acids is 1. The van der Waals surface area contributed by atoms with Crippen LogP contribution in [0, 0.1) is 6.92 Å². The lowest BCUT2D eigenvalue weighted by molar-refractivity contribution is -0.138. The van der Waals surface area contributed by atoms with Crippen LogP contribution in [0.25, 0.3) is 0 Å². The summed E-state index contributed by atoms with van der Waals surface area (Å²) in [5.41, 5.74) is 0.978. The maximum Gasteiger partial charge on any atom is 0.309 e. The Bertz CT molecular complexity index is 534. The zero-order valence-corrected chi connectivity index (χ0v) is 16.1. The molecule has 0 aromatic heterocycles. The molecule has 0 radical (unpaired) electrons. The molecule has 1 aromatic carbocycles. The van der Waals surface area contributed by atoms with E-state index >= 15 is 0 Å². The summed E-state index contributed by atoms with van der Waals surface area (Å²) in [7, 11) is -1.91. The molecule has 2 atom stereocenters. The van der Waals surface area contributed by atoms with E-state index < -0.39 is 8.32 Å². The molecule has 2 rings (SSSR count). The maximum absolute atomic E-state index is 11.7. The highest BCUT2D eigenvalue weighted by Gasteiger charge is 2.45. The molecule has 0 spiro atoms. The van der Waals surface area contributed by atoms with Gasteiger partial charge in [-0.1, -0.05) is 50.2 Å². The van der Waals surface area contributed by atoms with E-state index in [1.165, 1.54) is 5.56 Å². The Balaban J connectivity index is 2.09. The number of rotatable bonds is 4. The minimum atomic E-state index is -1.91. The lowest BCUT2D eigenvalue weighted by Crippen LogP contribution is -2.45. The highest BCUT2D eigenvalue weighted by Crippen LogP contribution is 2.41. The number of aryl methyl sites for hydroxylation is 1. The molecule has 0 bridgehead atoms. The average Bonchev–Trinajstić information content (AvgIpc) is 2.70. The summed E-state index contributed by atoms with van der Waals surface area (Å²) in [4.78, 5) is 12.8. The number of cyclic esters (lactones) is 1. The van der Waals surface area contributed by atoms with Crippen LogP contribution < -0.4 is 0 Å². The predicted octanol–water partition coefficient (Wildman–Crippen LogP) is 4.75. The standard InChI is InChI=1S/C17H26O3SSi/c1-12-7-9-13(10-8-12)21-16-14(11-15(18)19-16)20-22(5,6)17(2,3)4/h7-10,14,16H,11H2,1-6H3/t14-,16-/m0/s1. The van der Waals surface area contributed by atoms with Crippen molar-refractivity contribution in [1.82, 2.24) is 0 Å². The van der Waals surface area contributed by atoms with Gasteiger partial charge >= 0.3 is 5.97 Å².